The number of piperidine rings is 1. The van der Waals surface area contributed by atoms with Gasteiger partial charge in [-0.2, -0.15) is 0 Å². The molecule has 2 amide bonds. The Balaban J connectivity index is 1.67. The van der Waals surface area contributed by atoms with Gasteiger partial charge in [-0.3, -0.25) is 14.5 Å². The molecule has 0 spiro atoms. The zero-order chi connectivity index (χ0) is 19.4. The number of amides is 2. The molecule has 2 aliphatic heterocycles. The summed E-state index contributed by atoms with van der Waals surface area (Å²) in [7, 11) is 1.65. The Labute approximate surface area is 160 Å². The van der Waals surface area contributed by atoms with Crippen molar-refractivity contribution in [2.24, 2.45) is 0 Å². The number of hydrogen-bond acceptors (Lipinski definition) is 5. The molecule has 2 heterocycles. The fourth-order valence-corrected chi connectivity index (χ4v) is 3.86. The molecule has 148 valence electrons. The van der Waals surface area contributed by atoms with Crippen LogP contribution in [0.2, 0.25) is 0 Å². The third kappa shape index (κ3) is 4.78. The van der Waals surface area contributed by atoms with Crippen molar-refractivity contribution in [1.29, 1.82) is 0 Å². The van der Waals surface area contributed by atoms with Crippen LogP contribution in [0, 0.1) is 6.92 Å². The van der Waals surface area contributed by atoms with Gasteiger partial charge in [0.2, 0.25) is 11.8 Å². The van der Waals surface area contributed by atoms with Crippen LogP contribution in [0.5, 0.6) is 5.75 Å². The second kappa shape index (κ2) is 8.71. The van der Waals surface area contributed by atoms with Gasteiger partial charge in [0, 0.05) is 32.7 Å². The van der Waals surface area contributed by atoms with E-state index < -0.39 is 6.04 Å². The molecule has 0 saturated carbocycles. The molecule has 7 heteroatoms. The largest absolute Gasteiger partial charge is 0.496 e. The van der Waals surface area contributed by atoms with Crippen LogP contribution in [0.15, 0.2) is 18.2 Å². The summed E-state index contributed by atoms with van der Waals surface area (Å²) in [5, 5.41) is 12.5. The molecule has 0 aromatic heterocycles. The number of benzene rings is 1. The van der Waals surface area contributed by atoms with E-state index in [1.165, 1.54) is 0 Å². The van der Waals surface area contributed by atoms with Gasteiger partial charge in [-0.05, 0) is 37.0 Å². The Hall–Kier alpha value is -2.12. The minimum Gasteiger partial charge on any atom is -0.496 e. The molecule has 0 aliphatic carbocycles. The van der Waals surface area contributed by atoms with E-state index in [2.05, 4.69) is 16.3 Å². The van der Waals surface area contributed by atoms with E-state index in [4.69, 9.17) is 4.74 Å². The van der Waals surface area contributed by atoms with Gasteiger partial charge in [0.25, 0.3) is 0 Å². The summed E-state index contributed by atoms with van der Waals surface area (Å²) in [5.74, 6) is 0.742. The van der Waals surface area contributed by atoms with Crippen LogP contribution in [0.4, 0.5) is 0 Å². The second-order valence-corrected chi connectivity index (χ2v) is 7.40. The number of aliphatic hydroxyl groups is 1. The molecule has 1 aromatic rings. The normalized spacial score (nSPS) is 21.8. The Bertz CT molecular complexity index is 686. The predicted molar refractivity (Wildman–Crippen MR) is 101 cm³/mol. The maximum absolute atomic E-state index is 12.7. The summed E-state index contributed by atoms with van der Waals surface area (Å²) >= 11 is 0. The van der Waals surface area contributed by atoms with Gasteiger partial charge in [0.15, 0.2) is 0 Å². The van der Waals surface area contributed by atoms with Crippen LogP contribution >= 0.6 is 0 Å². The first kappa shape index (κ1) is 19.6. The molecule has 3 rings (SSSR count). The van der Waals surface area contributed by atoms with Gasteiger partial charge in [0.1, 0.15) is 5.75 Å². The van der Waals surface area contributed by atoms with Crippen molar-refractivity contribution in [3.8, 4) is 5.75 Å². The summed E-state index contributed by atoms with van der Waals surface area (Å²) in [5.41, 5.74) is 2.15. The van der Waals surface area contributed by atoms with E-state index in [1.54, 1.807) is 12.0 Å². The number of aliphatic hydroxyl groups excluding tert-OH is 1. The molecule has 2 N–H and O–H groups in total. The number of methoxy groups -OCH3 is 1. The van der Waals surface area contributed by atoms with Gasteiger partial charge in [-0.15, -0.1) is 0 Å². The van der Waals surface area contributed by atoms with Crippen LogP contribution in [-0.2, 0) is 16.1 Å². The van der Waals surface area contributed by atoms with Crippen molar-refractivity contribution < 1.29 is 19.4 Å². The Kier molecular flexibility index (Phi) is 6.34. The molecular formula is C20H29N3O4. The molecule has 1 atom stereocenters. The lowest BCUT2D eigenvalue weighted by Crippen LogP contribution is -2.56. The molecule has 2 aliphatic rings. The van der Waals surface area contributed by atoms with Gasteiger partial charge in [-0.25, -0.2) is 0 Å². The fraction of sp³-hybridized carbons (Fsp3) is 0.600. The number of aryl methyl sites for hydroxylation is 1. The Morgan fingerprint density at radius 2 is 2.04 bits per heavy atom. The molecule has 7 nitrogen and oxygen atoms in total. The van der Waals surface area contributed by atoms with E-state index in [1.807, 2.05) is 19.1 Å². The average Bonchev–Trinajstić information content (AvgIpc) is 2.65. The van der Waals surface area contributed by atoms with Crippen molar-refractivity contribution >= 4 is 11.8 Å². The molecule has 2 saturated heterocycles. The Morgan fingerprint density at radius 1 is 1.30 bits per heavy atom. The lowest BCUT2D eigenvalue weighted by molar-refractivity contribution is -0.140. The third-order valence-electron chi connectivity index (χ3n) is 5.47. The van der Waals surface area contributed by atoms with Gasteiger partial charge in [0.05, 0.1) is 25.7 Å². The number of likely N-dealkylation sites (tertiary alicyclic amines) is 1. The molecule has 2 fully saturated rings. The van der Waals surface area contributed by atoms with Crippen LogP contribution in [0.1, 0.15) is 30.4 Å². The number of nitrogens with one attached hydrogen (secondary N) is 1. The highest BCUT2D eigenvalue weighted by Gasteiger charge is 2.33. The Morgan fingerprint density at radius 3 is 2.70 bits per heavy atom. The van der Waals surface area contributed by atoms with Crippen LogP contribution in [-0.4, -0.2) is 72.2 Å². The average molecular weight is 375 g/mol. The van der Waals surface area contributed by atoms with Crippen LogP contribution in [0.3, 0.4) is 0 Å². The summed E-state index contributed by atoms with van der Waals surface area (Å²) in [6.45, 7) is 5.05. The lowest BCUT2D eigenvalue weighted by Gasteiger charge is -2.37. The van der Waals surface area contributed by atoms with E-state index in [0.717, 1.165) is 16.9 Å². The predicted octanol–water partition coefficient (Wildman–Crippen LogP) is 0.677. The maximum atomic E-state index is 12.7. The van der Waals surface area contributed by atoms with E-state index in [9.17, 15) is 14.7 Å². The zero-order valence-corrected chi connectivity index (χ0v) is 16.1. The molecule has 0 radical (unpaired) electrons. The van der Waals surface area contributed by atoms with Crippen molar-refractivity contribution in [3.63, 3.8) is 0 Å². The van der Waals surface area contributed by atoms with Crippen molar-refractivity contribution in [2.75, 3.05) is 33.3 Å². The molecule has 0 bridgehead atoms. The number of rotatable bonds is 5. The van der Waals surface area contributed by atoms with E-state index in [-0.39, 0.29) is 24.3 Å². The van der Waals surface area contributed by atoms with Gasteiger partial charge >= 0.3 is 0 Å². The quantitative estimate of drug-likeness (QED) is 0.791. The van der Waals surface area contributed by atoms with Crippen molar-refractivity contribution in [3.05, 3.63) is 29.3 Å². The summed E-state index contributed by atoms with van der Waals surface area (Å²) in [4.78, 5) is 29.0. The number of nitrogens with zero attached hydrogens (tertiary/aromatic N) is 2. The monoisotopic (exact) mass is 375 g/mol. The minimum atomic E-state index is -0.458. The first-order chi connectivity index (χ1) is 13.0. The smallest absolute Gasteiger partial charge is 0.237 e. The highest BCUT2D eigenvalue weighted by atomic mass is 16.5. The second-order valence-electron chi connectivity index (χ2n) is 7.40. The van der Waals surface area contributed by atoms with Gasteiger partial charge in [-0.1, -0.05) is 12.1 Å². The van der Waals surface area contributed by atoms with Crippen LogP contribution in [0.25, 0.3) is 0 Å². The SMILES string of the molecule is COc1ccc(CN2CCNC(=O)C2CC(=O)N2CCC(O)CC2)cc1C. The standard InChI is InChI=1S/C20H29N3O4/c1-14-11-15(3-4-18(14)27-2)13-23-10-7-21-20(26)17(23)12-19(25)22-8-5-16(24)6-9-22/h3-4,11,16-17,24H,5-10,12-13H2,1-2H3,(H,21,26). The highest BCUT2D eigenvalue weighted by molar-refractivity contribution is 5.88. The number of piperazine rings is 1. The first-order valence-electron chi connectivity index (χ1n) is 9.59. The number of carbonyl (C=O) groups is 2. The summed E-state index contributed by atoms with van der Waals surface area (Å²) in [6, 6.07) is 5.55. The zero-order valence-electron chi connectivity index (χ0n) is 16.1. The molecular weight excluding hydrogens is 346 g/mol. The topological polar surface area (TPSA) is 82.1 Å². The molecule has 1 aromatic carbocycles. The van der Waals surface area contributed by atoms with Crippen molar-refractivity contribution in [1.82, 2.24) is 15.1 Å². The van der Waals surface area contributed by atoms with E-state index >= 15 is 0 Å². The van der Waals surface area contributed by atoms with Gasteiger partial charge < -0.3 is 20.1 Å². The fourth-order valence-electron chi connectivity index (χ4n) is 3.86. The van der Waals surface area contributed by atoms with E-state index in [0.29, 0.717) is 45.6 Å². The van der Waals surface area contributed by atoms with Crippen molar-refractivity contribution in [2.45, 2.75) is 44.9 Å². The summed E-state index contributed by atoms with van der Waals surface area (Å²) < 4.78 is 5.31. The number of hydrogen-bond donors (Lipinski definition) is 2. The maximum Gasteiger partial charge on any atom is 0.237 e. The molecule has 1 unspecified atom stereocenters. The summed E-state index contributed by atoms with van der Waals surface area (Å²) in [6.07, 6.45) is 1.08. The number of ether oxygens (including phenoxy) is 1. The lowest BCUT2D eigenvalue weighted by atomic mass is 10.0. The highest BCUT2D eigenvalue weighted by Crippen LogP contribution is 2.22. The first-order valence-corrected chi connectivity index (χ1v) is 9.59. The minimum absolute atomic E-state index is 0.0140. The van der Waals surface area contributed by atoms with Crippen LogP contribution < -0.4 is 10.1 Å². The third-order valence-corrected chi connectivity index (χ3v) is 5.47. The molecule has 27 heavy (non-hydrogen) atoms. The number of carbonyl (C=O) groups excluding carboxylic acids is 2.